The van der Waals surface area contributed by atoms with E-state index in [0.717, 1.165) is 6.07 Å². The van der Waals surface area contributed by atoms with Crippen LogP contribution in [0.5, 0.6) is 5.75 Å². The molecular formula is C28H34F3N3O9S2. The van der Waals surface area contributed by atoms with Crippen LogP contribution in [0.15, 0.2) is 53.4 Å². The van der Waals surface area contributed by atoms with Crippen LogP contribution in [-0.4, -0.2) is 80.8 Å². The van der Waals surface area contributed by atoms with Crippen LogP contribution in [0.3, 0.4) is 0 Å². The Labute approximate surface area is 258 Å². The molecule has 5 N–H and O–H groups in total. The third-order valence-electron chi connectivity index (χ3n) is 7.56. The molecule has 2 aromatic carbocycles. The van der Waals surface area contributed by atoms with E-state index in [4.69, 9.17) is 20.7 Å². The summed E-state index contributed by atoms with van der Waals surface area (Å²) in [5, 5.41) is 15.6. The fraction of sp³-hybridized carbons (Fsp3) is 0.429. The molecule has 2 bridgehead atoms. The number of nitrogens with two attached hydrogens (primary N) is 1. The number of hydrogen-bond donors (Lipinski definition) is 4. The zero-order valence-corrected chi connectivity index (χ0v) is 25.7. The number of fused-ring (bicyclic) bond motifs is 2. The number of carbonyl (C=O) groups is 2. The van der Waals surface area contributed by atoms with Gasteiger partial charge in [0.1, 0.15) is 11.6 Å². The van der Waals surface area contributed by atoms with E-state index >= 15 is 0 Å². The summed E-state index contributed by atoms with van der Waals surface area (Å²) in [6.07, 6.45) is 3.33. The zero-order chi connectivity index (χ0) is 33.5. The lowest BCUT2D eigenvalue weighted by molar-refractivity contribution is -0.134. The van der Waals surface area contributed by atoms with Crippen LogP contribution in [0.25, 0.3) is 0 Å². The molecule has 17 heteroatoms. The summed E-state index contributed by atoms with van der Waals surface area (Å²) < 4.78 is 101. The van der Waals surface area contributed by atoms with Crippen molar-refractivity contribution in [2.45, 2.75) is 55.1 Å². The molecule has 45 heavy (non-hydrogen) atoms. The highest BCUT2D eigenvalue weighted by Crippen LogP contribution is 2.42. The molecular weight excluding hydrogens is 643 g/mol. The van der Waals surface area contributed by atoms with Crippen molar-refractivity contribution in [1.82, 2.24) is 9.03 Å². The molecule has 1 unspecified atom stereocenters. The second-order valence-corrected chi connectivity index (χ2v) is 14.3. The lowest BCUT2D eigenvalue weighted by atomic mass is 9.83. The minimum atomic E-state index is -3.89. The number of benzene rings is 2. The first-order chi connectivity index (χ1) is 21.0. The van der Waals surface area contributed by atoms with E-state index in [0.29, 0.717) is 49.7 Å². The number of nitrogens with one attached hydrogen (secondary N) is 1. The van der Waals surface area contributed by atoms with Crippen LogP contribution in [0.2, 0.25) is 0 Å². The van der Waals surface area contributed by atoms with Gasteiger partial charge >= 0.3 is 11.9 Å². The molecule has 0 saturated carbocycles. The maximum Gasteiger partial charge on any atom is 0.328 e. The first-order valence-electron chi connectivity index (χ1n) is 13.7. The van der Waals surface area contributed by atoms with Crippen molar-refractivity contribution in [2.75, 3.05) is 19.4 Å². The molecule has 0 spiro atoms. The molecule has 2 aliphatic rings. The fourth-order valence-corrected chi connectivity index (χ4v) is 8.54. The third-order valence-corrected chi connectivity index (χ3v) is 11.0. The minimum Gasteiger partial charge on any atom is -0.497 e. The maximum atomic E-state index is 14.1. The third kappa shape index (κ3) is 9.74. The molecule has 4 atom stereocenters. The molecule has 4 rings (SSSR count). The number of carboxylic acid groups (broad SMARTS) is 2. The summed E-state index contributed by atoms with van der Waals surface area (Å²) in [6, 6.07) is 5.90. The minimum absolute atomic E-state index is 0.00181. The van der Waals surface area contributed by atoms with E-state index in [-0.39, 0.29) is 41.4 Å². The number of piperidine rings is 1. The van der Waals surface area contributed by atoms with Gasteiger partial charge in [0, 0.05) is 42.9 Å². The number of halogens is 3. The Balaban J connectivity index is 0.000000610. The van der Waals surface area contributed by atoms with Crippen LogP contribution >= 0.6 is 0 Å². The first-order valence-corrected chi connectivity index (χ1v) is 16.8. The van der Waals surface area contributed by atoms with E-state index in [1.807, 2.05) is 0 Å². The summed E-state index contributed by atoms with van der Waals surface area (Å²) in [7, 11) is -6.20. The van der Waals surface area contributed by atoms with Gasteiger partial charge in [0.2, 0.25) is 20.0 Å². The summed E-state index contributed by atoms with van der Waals surface area (Å²) in [5.74, 6) is -5.81. The maximum absolute atomic E-state index is 14.1. The normalized spacial score (nSPS) is 20.8. The van der Waals surface area contributed by atoms with Gasteiger partial charge in [-0.05, 0) is 73.9 Å². The molecule has 0 aromatic heterocycles. The Bertz CT molecular complexity index is 1590. The monoisotopic (exact) mass is 677 g/mol. The van der Waals surface area contributed by atoms with E-state index in [2.05, 4.69) is 4.72 Å². The number of nitrogens with zero attached hydrogens (tertiary/aromatic N) is 1. The quantitative estimate of drug-likeness (QED) is 0.191. The van der Waals surface area contributed by atoms with Crippen LogP contribution < -0.4 is 15.2 Å². The number of carboxylic acids is 2. The van der Waals surface area contributed by atoms with Gasteiger partial charge in [0.25, 0.3) is 0 Å². The van der Waals surface area contributed by atoms with E-state index in [1.54, 1.807) is 0 Å². The number of ether oxygens (including phenoxy) is 1. The average Bonchev–Trinajstić information content (AvgIpc) is 3.25. The van der Waals surface area contributed by atoms with Crippen molar-refractivity contribution in [1.29, 1.82) is 0 Å². The molecule has 2 saturated heterocycles. The summed E-state index contributed by atoms with van der Waals surface area (Å²) >= 11 is 0. The lowest BCUT2D eigenvalue weighted by Gasteiger charge is -2.40. The first kappa shape index (κ1) is 36.0. The highest BCUT2D eigenvalue weighted by Gasteiger charge is 2.47. The highest BCUT2D eigenvalue weighted by atomic mass is 32.2. The standard InChI is InChI=1S/C24H30F3N3O5S2.C4H4O4/c1-35-19-4-6-20(7-5-19)37(33,34)29-8-9-36(31,32)30-17-2-3-18(30)11-16(10-17)24(28)13-15-12-22(26)23(27)14-21(15)25;5-3(6)1-2-4(7)8/h4-7,12,14,16-18,24,29H,2-3,8-11,13,28H2,1H3;1-2H,(H,5,6)(H,7,8)/b;2-1-/t16?,17-,18+,24-;/m1./s1. The van der Waals surface area contributed by atoms with Crippen molar-refractivity contribution in [3.63, 3.8) is 0 Å². The molecule has 0 amide bonds. The van der Waals surface area contributed by atoms with Gasteiger partial charge in [-0.3, -0.25) is 0 Å². The molecule has 0 aliphatic carbocycles. The van der Waals surface area contributed by atoms with Gasteiger partial charge < -0.3 is 20.7 Å². The Morgan fingerprint density at radius 1 is 0.978 bits per heavy atom. The smallest absolute Gasteiger partial charge is 0.328 e. The van der Waals surface area contributed by atoms with Crippen LogP contribution in [0.1, 0.15) is 31.2 Å². The largest absolute Gasteiger partial charge is 0.497 e. The highest BCUT2D eigenvalue weighted by molar-refractivity contribution is 7.90. The number of aliphatic carboxylic acids is 2. The van der Waals surface area contributed by atoms with Crippen molar-refractivity contribution in [3.8, 4) is 5.75 Å². The second kappa shape index (κ2) is 15.2. The van der Waals surface area contributed by atoms with Crippen molar-refractivity contribution < 1.29 is 54.5 Å². The van der Waals surface area contributed by atoms with E-state index in [9.17, 15) is 39.6 Å². The van der Waals surface area contributed by atoms with Crippen LogP contribution in [0, 0.1) is 23.4 Å². The molecule has 2 heterocycles. The van der Waals surface area contributed by atoms with Gasteiger partial charge in [0.05, 0.1) is 17.8 Å². The summed E-state index contributed by atoms with van der Waals surface area (Å²) in [6.45, 7) is -0.287. The van der Waals surface area contributed by atoms with Crippen LogP contribution in [-0.2, 0) is 36.1 Å². The van der Waals surface area contributed by atoms with E-state index < -0.39 is 61.2 Å². The predicted molar refractivity (Wildman–Crippen MR) is 156 cm³/mol. The Morgan fingerprint density at radius 2 is 1.51 bits per heavy atom. The second-order valence-electron chi connectivity index (χ2n) is 10.6. The molecule has 248 valence electrons. The number of rotatable bonds is 12. The molecule has 2 aromatic rings. The predicted octanol–water partition coefficient (Wildman–Crippen LogP) is 2.25. The van der Waals surface area contributed by atoms with Crippen molar-refractivity contribution >= 4 is 32.0 Å². The van der Waals surface area contributed by atoms with Crippen molar-refractivity contribution in [3.05, 3.63) is 71.6 Å². The Hall–Kier alpha value is -3.51. The van der Waals surface area contributed by atoms with Gasteiger partial charge in [-0.15, -0.1) is 0 Å². The lowest BCUT2D eigenvalue weighted by Crippen LogP contribution is -2.51. The van der Waals surface area contributed by atoms with Crippen LogP contribution in [0.4, 0.5) is 13.2 Å². The van der Waals surface area contributed by atoms with Gasteiger partial charge in [-0.25, -0.2) is 44.3 Å². The molecule has 2 aliphatic heterocycles. The average molecular weight is 678 g/mol. The van der Waals surface area contributed by atoms with Crippen molar-refractivity contribution in [2.24, 2.45) is 11.7 Å². The van der Waals surface area contributed by atoms with Gasteiger partial charge in [-0.1, -0.05) is 0 Å². The zero-order valence-electron chi connectivity index (χ0n) is 24.1. The van der Waals surface area contributed by atoms with Gasteiger partial charge in [-0.2, -0.15) is 4.31 Å². The molecule has 12 nitrogen and oxygen atoms in total. The topological polar surface area (TPSA) is 193 Å². The fourth-order valence-electron chi connectivity index (χ4n) is 5.51. The van der Waals surface area contributed by atoms with E-state index in [1.165, 1.54) is 35.7 Å². The number of methoxy groups -OCH3 is 1. The number of sulfonamides is 2. The Kier molecular flexibility index (Phi) is 12.1. The SMILES string of the molecule is COc1ccc(S(=O)(=O)NCCS(=O)(=O)N2[C@@H]3CC[C@H]2CC([C@H](N)Cc2cc(F)c(F)cc2F)C3)cc1.O=C(O)/C=C\C(=O)O. The number of hydrogen-bond acceptors (Lipinski definition) is 8. The molecule has 0 radical (unpaired) electrons. The molecule has 2 fully saturated rings. The summed E-state index contributed by atoms with van der Waals surface area (Å²) in [4.78, 5) is 19.1. The summed E-state index contributed by atoms with van der Waals surface area (Å²) in [5.41, 5.74) is 6.29. The van der Waals surface area contributed by atoms with Gasteiger partial charge in [0.15, 0.2) is 11.6 Å². The Morgan fingerprint density at radius 3 is 2.02 bits per heavy atom.